The van der Waals surface area contributed by atoms with Gasteiger partial charge in [0.2, 0.25) is 5.91 Å². The van der Waals surface area contributed by atoms with E-state index in [0.29, 0.717) is 11.6 Å². The van der Waals surface area contributed by atoms with Gasteiger partial charge in [0, 0.05) is 23.8 Å². The maximum Gasteiger partial charge on any atom is 0.251 e. The van der Waals surface area contributed by atoms with Crippen LogP contribution in [0.5, 0.6) is 0 Å². The van der Waals surface area contributed by atoms with Crippen LogP contribution in [0.2, 0.25) is 0 Å². The van der Waals surface area contributed by atoms with Gasteiger partial charge in [-0.3, -0.25) is 9.59 Å². The maximum atomic E-state index is 12.4. The first kappa shape index (κ1) is 21.3. The van der Waals surface area contributed by atoms with E-state index in [9.17, 15) is 9.59 Å². The number of anilines is 1. The first-order valence-electron chi connectivity index (χ1n) is 10.6. The molecule has 1 aromatic rings. The van der Waals surface area contributed by atoms with E-state index in [2.05, 4.69) is 22.9 Å². The monoisotopic (exact) mass is 373 g/mol. The molecule has 1 aliphatic carbocycles. The summed E-state index contributed by atoms with van der Waals surface area (Å²) in [5.74, 6) is -0.0374. The first-order chi connectivity index (χ1) is 13.2. The predicted octanol–water partition coefficient (Wildman–Crippen LogP) is 4.25. The van der Waals surface area contributed by atoms with Gasteiger partial charge in [-0.2, -0.15) is 0 Å². The van der Waals surface area contributed by atoms with Crippen LogP contribution >= 0.6 is 0 Å². The van der Waals surface area contributed by atoms with Crippen molar-refractivity contribution < 1.29 is 9.59 Å². The van der Waals surface area contributed by atoms with Gasteiger partial charge in [0.25, 0.3) is 5.91 Å². The van der Waals surface area contributed by atoms with Gasteiger partial charge in [-0.05, 0) is 37.5 Å². The van der Waals surface area contributed by atoms with Crippen LogP contribution in [0.1, 0.15) is 81.5 Å². The lowest BCUT2D eigenvalue weighted by atomic mass is 9.95. The Labute approximate surface area is 163 Å². The molecule has 0 radical (unpaired) electrons. The fraction of sp³-hybridized carbons (Fsp3) is 0.636. The molecule has 0 spiro atoms. The second kappa shape index (κ2) is 12.4. The number of hydrogen-bond acceptors (Lipinski definition) is 3. The molecular weight excluding hydrogens is 338 g/mol. The van der Waals surface area contributed by atoms with E-state index in [-0.39, 0.29) is 18.4 Å². The van der Waals surface area contributed by atoms with E-state index in [0.717, 1.165) is 31.5 Å². The zero-order valence-electron chi connectivity index (χ0n) is 16.7. The zero-order valence-corrected chi connectivity index (χ0v) is 16.7. The van der Waals surface area contributed by atoms with Crippen molar-refractivity contribution in [2.75, 3.05) is 18.4 Å². The van der Waals surface area contributed by atoms with E-state index < -0.39 is 0 Å². The number of rotatable bonds is 11. The molecule has 1 fully saturated rings. The van der Waals surface area contributed by atoms with Crippen LogP contribution in [0.3, 0.4) is 0 Å². The van der Waals surface area contributed by atoms with Gasteiger partial charge >= 0.3 is 0 Å². The minimum absolute atomic E-state index is 0.0115. The van der Waals surface area contributed by atoms with E-state index in [1.165, 1.54) is 44.9 Å². The largest absolute Gasteiger partial charge is 0.376 e. The standard InChI is InChI=1S/C22H35N3O2/c1-2-3-4-5-9-15-23-21(26)17-24-20-14-10-11-18(16-20)22(27)25-19-12-7-6-8-13-19/h10-11,14,16,19,24H,2-9,12-13,15,17H2,1H3,(H,23,26)(H,25,27). The van der Waals surface area contributed by atoms with Crippen LogP contribution in [-0.2, 0) is 4.79 Å². The molecule has 1 aromatic carbocycles. The molecule has 2 amide bonds. The van der Waals surface area contributed by atoms with Gasteiger partial charge in [0.1, 0.15) is 0 Å². The van der Waals surface area contributed by atoms with Gasteiger partial charge < -0.3 is 16.0 Å². The molecular formula is C22H35N3O2. The summed E-state index contributed by atoms with van der Waals surface area (Å²) in [6.45, 7) is 3.15. The fourth-order valence-corrected chi connectivity index (χ4v) is 3.49. The first-order valence-corrected chi connectivity index (χ1v) is 10.6. The van der Waals surface area contributed by atoms with E-state index in [1.54, 1.807) is 0 Å². The average molecular weight is 374 g/mol. The molecule has 150 valence electrons. The van der Waals surface area contributed by atoms with Crippen molar-refractivity contribution in [2.24, 2.45) is 0 Å². The number of carbonyl (C=O) groups excluding carboxylic acids is 2. The molecule has 5 nitrogen and oxygen atoms in total. The van der Waals surface area contributed by atoms with E-state index >= 15 is 0 Å². The Balaban J connectivity index is 1.69. The number of unbranched alkanes of at least 4 members (excludes halogenated alkanes) is 4. The lowest BCUT2D eigenvalue weighted by Gasteiger charge is -2.22. The van der Waals surface area contributed by atoms with Gasteiger partial charge in [0.15, 0.2) is 0 Å². The topological polar surface area (TPSA) is 70.2 Å². The lowest BCUT2D eigenvalue weighted by molar-refractivity contribution is -0.119. The van der Waals surface area contributed by atoms with Crippen molar-refractivity contribution in [3.8, 4) is 0 Å². The predicted molar refractivity (Wildman–Crippen MR) is 111 cm³/mol. The summed E-state index contributed by atoms with van der Waals surface area (Å²) in [7, 11) is 0. The van der Waals surface area contributed by atoms with Crippen molar-refractivity contribution in [3.63, 3.8) is 0 Å². The van der Waals surface area contributed by atoms with Crippen LogP contribution in [0.15, 0.2) is 24.3 Å². The Morgan fingerprint density at radius 2 is 1.81 bits per heavy atom. The summed E-state index contributed by atoms with van der Waals surface area (Å²) in [5.41, 5.74) is 1.44. The van der Waals surface area contributed by atoms with Gasteiger partial charge in [-0.15, -0.1) is 0 Å². The molecule has 0 atom stereocenters. The Morgan fingerprint density at radius 3 is 2.59 bits per heavy atom. The molecule has 5 heteroatoms. The third-order valence-corrected chi connectivity index (χ3v) is 5.12. The van der Waals surface area contributed by atoms with Crippen molar-refractivity contribution in [1.29, 1.82) is 0 Å². The molecule has 1 aliphatic rings. The summed E-state index contributed by atoms with van der Waals surface area (Å²) in [4.78, 5) is 24.4. The number of nitrogens with one attached hydrogen (secondary N) is 3. The number of amides is 2. The molecule has 0 heterocycles. The van der Waals surface area contributed by atoms with Crippen LogP contribution in [0.25, 0.3) is 0 Å². The maximum absolute atomic E-state index is 12.4. The quantitative estimate of drug-likeness (QED) is 0.508. The molecule has 0 saturated heterocycles. The van der Waals surface area contributed by atoms with Crippen molar-refractivity contribution in [2.45, 2.75) is 77.2 Å². The summed E-state index contributed by atoms with van der Waals surface area (Å²) in [6.07, 6.45) is 11.7. The van der Waals surface area contributed by atoms with Crippen LogP contribution < -0.4 is 16.0 Å². The Morgan fingerprint density at radius 1 is 1.04 bits per heavy atom. The number of benzene rings is 1. The highest BCUT2D eigenvalue weighted by Crippen LogP contribution is 2.18. The summed E-state index contributed by atoms with van der Waals surface area (Å²) in [5, 5.41) is 9.18. The van der Waals surface area contributed by atoms with E-state index in [4.69, 9.17) is 0 Å². The van der Waals surface area contributed by atoms with Gasteiger partial charge in [0.05, 0.1) is 6.54 Å². The fourth-order valence-electron chi connectivity index (χ4n) is 3.49. The second-order valence-electron chi connectivity index (χ2n) is 7.51. The molecule has 0 unspecified atom stereocenters. The SMILES string of the molecule is CCCCCCCNC(=O)CNc1cccc(C(=O)NC2CCCCC2)c1. The van der Waals surface area contributed by atoms with E-state index in [1.807, 2.05) is 24.3 Å². The summed E-state index contributed by atoms with van der Waals surface area (Å²) >= 11 is 0. The highest BCUT2D eigenvalue weighted by molar-refractivity contribution is 5.95. The zero-order chi connectivity index (χ0) is 19.3. The molecule has 0 aromatic heterocycles. The van der Waals surface area contributed by atoms with Crippen molar-refractivity contribution in [3.05, 3.63) is 29.8 Å². The normalized spacial score (nSPS) is 14.6. The van der Waals surface area contributed by atoms with Crippen LogP contribution in [0, 0.1) is 0 Å². The minimum Gasteiger partial charge on any atom is -0.376 e. The Bertz CT molecular complexity index is 583. The third-order valence-electron chi connectivity index (χ3n) is 5.12. The Kier molecular flexibility index (Phi) is 9.74. The van der Waals surface area contributed by atoms with Crippen molar-refractivity contribution >= 4 is 17.5 Å². The molecule has 0 aliphatic heterocycles. The van der Waals surface area contributed by atoms with Crippen molar-refractivity contribution in [1.82, 2.24) is 10.6 Å². The lowest BCUT2D eigenvalue weighted by Crippen LogP contribution is -2.36. The van der Waals surface area contributed by atoms with Gasteiger partial charge in [-0.1, -0.05) is 57.9 Å². The molecule has 27 heavy (non-hydrogen) atoms. The Hall–Kier alpha value is -2.04. The number of hydrogen-bond donors (Lipinski definition) is 3. The summed E-state index contributed by atoms with van der Waals surface area (Å²) < 4.78 is 0. The highest BCUT2D eigenvalue weighted by atomic mass is 16.2. The average Bonchev–Trinajstić information content (AvgIpc) is 2.70. The third kappa shape index (κ3) is 8.46. The van der Waals surface area contributed by atoms with Gasteiger partial charge in [-0.25, -0.2) is 0 Å². The van der Waals surface area contributed by atoms with Crippen LogP contribution in [0.4, 0.5) is 5.69 Å². The highest BCUT2D eigenvalue weighted by Gasteiger charge is 2.16. The van der Waals surface area contributed by atoms with Crippen LogP contribution in [-0.4, -0.2) is 30.9 Å². The number of carbonyl (C=O) groups is 2. The summed E-state index contributed by atoms with van der Waals surface area (Å²) in [6, 6.07) is 7.67. The second-order valence-corrected chi connectivity index (χ2v) is 7.51. The molecule has 2 rings (SSSR count). The molecule has 1 saturated carbocycles. The molecule has 0 bridgehead atoms. The minimum atomic E-state index is -0.0259. The molecule has 3 N–H and O–H groups in total. The smallest absolute Gasteiger partial charge is 0.251 e.